The van der Waals surface area contributed by atoms with Crippen LogP contribution in [0.5, 0.6) is 0 Å². The van der Waals surface area contributed by atoms with Crippen LogP contribution in [0.2, 0.25) is 0 Å². The molecule has 0 bridgehead atoms. The monoisotopic (exact) mass is 241 g/mol. The molecule has 0 aliphatic rings. The molecule has 0 saturated heterocycles. The molecule has 1 aromatic heterocycles. The fourth-order valence-electron chi connectivity index (χ4n) is 1.50. The maximum Gasteiger partial charge on any atom is 0.0587 e. The normalized spacial score (nSPS) is 10.9. The topological polar surface area (TPSA) is 48.3 Å². The van der Waals surface area contributed by atoms with Gasteiger partial charge in [0.05, 0.1) is 12.8 Å². The number of hydrogen-bond donors (Lipinski definition) is 1. The number of aromatic nitrogens is 2. The third-order valence-electron chi connectivity index (χ3n) is 2.38. The van der Waals surface area contributed by atoms with Crippen LogP contribution in [0.3, 0.4) is 0 Å². The van der Waals surface area contributed by atoms with E-state index in [1.54, 1.807) is 7.11 Å². The van der Waals surface area contributed by atoms with Gasteiger partial charge in [-0.05, 0) is 13.3 Å². The molecule has 1 aromatic rings. The van der Waals surface area contributed by atoms with E-state index in [-0.39, 0.29) is 0 Å². The molecule has 0 aliphatic heterocycles. The van der Waals surface area contributed by atoms with Gasteiger partial charge in [-0.25, -0.2) is 0 Å². The van der Waals surface area contributed by atoms with Crippen molar-refractivity contribution in [1.29, 1.82) is 0 Å². The average molecular weight is 241 g/mol. The van der Waals surface area contributed by atoms with Gasteiger partial charge in [0.2, 0.25) is 0 Å². The second kappa shape index (κ2) is 9.15. The van der Waals surface area contributed by atoms with Crippen molar-refractivity contribution in [3.8, 4) is 0 Å². The zero-order valence-corrected chi connectivity index (χ0v) is 10.8. The fraction of sp³-hybridized carbons (Fsp3) is 0.750. The first-order valence-corrected chi connectivity index (χ1v) is 6.15. The largest absolute Gasteiger partial charge is 0.383 e. The summed E-state index contributed by atoms with van der Waals surface area (Å²) in [6.07, 6.45) is 4.98. The fourth-order valence-corrected chi connectivity index (χ4v) is 1.50. The smallest absolute Gasteiger partial charge is 0.0587 e. The molecule has 5 nitrogen and oxygen atoms in total. The summed E-state index contributed by atoms with van der Waals surface area (Å²) < 4.78 is 12.2. The Labute approximate surface area is 103 Å². The molecule has 0 saturated carbocycles. The van der Waals surface area contributed by atoms with E-state index in [1.807, 2.05) is 17.8 Å². The molecule has 17 heavy (non-hydrogen) atoms. The molecule has 1 N–H and O–H groups in total. The summed E-state index contributed by atoms with van der Waals surface area (Å²) in [6, 6.07) is 0. The van der Waals surface area contributed by atoms with Crippen LogP contribution in [0.25, 0.3) is 0 Å². The van der Waals surface area contributed by atoms with Gasteiger partial charge in [0.25, 0.3) is 0 Å². The summed E-state index contributed by atoms with van der Waals surface area (Å²) in [5.74, 6) is 0. The van der Waals surface area contributed by atoms with Crippen LogP contribution in [0.15, 0.2) is 12.4 Å². The highest BCUT2D eigenvalue weighted by molar-refractivity contribution is 5.03. The zero-order valence-electron chi connectivity index (χ0n) is 10.8. The maximum absolute atomic E-state index is 5.29. The number of rotatable bonds is 10. The Morgan fingerprint density at radius 3 is 3.06 bits per heavy atom. The molecule has 1 rings (SSSR count). The number of aryl methyl sites for hydroxylation is 1. The zero-order chi connectivity index (χ0) is 12.3. The SMILES string of the molecule is CCOCCCn1cc(CNCCOC)cn1. The van der Waals surface area contributed by atoms with Crippen LogP contribution >= 0.6 is 0 Å². The molecular weight excluding hydrogens is 218 g/mol. The van der Waals surface area contributed by atoms with Crippen LogP contribution in [-0.2, 0) is 22.6 Å². The second-order valence-corrected chi connectivity index (χ2v) is 3.83. The number of methoxy groups -OCH3 is 1. The van der Waals surface area contributed by atoms with Crippen molar-refractivity contribution in [2.45, 2.75) is 26.4 Å². The van der Waals surface area contributed by atoms with Gasteiger partial charge in [-0.2, -0.15) is 5.10 Å². The molecule has 0 amide bonds. The first-order chi connectivity index (χ1) is 8.36. The van der Waals surface area contributed by atoms with Crippen LogP contribution in [0.1, 0.15) is 18.9 Å². The summed E-state index contributed by atoms with van der Waals surface area (Å²) in [5.41, 5.74) is 1.21. The summed E-state index contributed by atoms with van der Waals surface area (Å²) in [7, 11) is 1.71. The highest BCUT2D eigenvalue weighted by Crippen LogP contribution is 1.98. The van der Waals surface area contributed by atoms with Crippen molar-refractivity contribution in [2.75, 3.05) is 33.5 Å². The Balaban J connectivity index is 2.14. The van der Waals surface area contributed by atoms with Gasteiger partial charge in [-0.3, -0.25) is 4.68 Å². The summed E-state index contributed by atoms with van der Waals surface area (Å²) in [6.45, 7) is 6.96. The van der Waals surface area contributed by atoms with Crippen molar-refractivity contribution in [3.63, 3.8) is 0 Å². The molecule has 5 heteroatoms. The van der Waals surface area contributed by atoms with E-state index in [0.29, 0.717) is 0 Å². The minimum absolute atomic E-state index is 0.739. The van der Waals surface area contributed by atoms with E-state index < -0.39 is 0 Å². The average Bonchev–Trinajstić information content (AvgIpc) is 2.78. The van der Waals surface area contributed by atoms with Gasteiger partial charge >= 0.3 is 0 Å². The Kier molecular flexibility index (Phi) is 7.62. The molecule has 0 unspecified atom stereocenters. The van der Waals surface area contributed by atoms with E-state index in [0.717, 1.165) is 45.9 Å². The van der Waals surface area contributed by atoms with E-state index >= 15 is 0 Å². The second-order valence-electron chi connectivity index (χ2n) is 3.83. The van der Waals surface area contributed by atoms with E-state index in [4.69, 9.17) is 9.47 Å². The van der Waals surface area contributed by atoms with Gasteiger partial charge < -0.3 is 14.8 Å². The summed E-state index contributed by atoms with van der Waals surface area (Å²) in [5, 5.41) is 7.59. The Morgan fingerprint density at radius 1 is 1.41 bits per heavy atom. The van der Waals surface area contributed by atoms with Crippen molar-refractivity contribution < 1.29 is 9.47 Å². The number of hydrogen-bond acceptors (Lipinski definition) is 4. The minimum Gasteiger partial charge on any atom is -0.383 e. The molecule has 0 spiro atoms. The van der Waals surface area contributed by atoms with Crippen molar-refractivity contribution >= 4 is 0 Å². The molecule has 0 aliphatic carbocycles. The van der Waals surface area contributed by atoms with Crippen LogP contribution < -0.4 is 5.32 Å². The van der Waals surface area contributed by atoms with E-state index in [1.165, 1.54) is 5.56 Å². The van der Waals surface area contributed by atoms with Crippen molar-refractivity contribution in [1.82, 2.24) is 15.1 Å². The lowest BCUT2D eigenvalue weighted by atomic mass is 10.3. The molecular formula is C12H23N3O2. The first kappa shape index (κ1) is 14.2. The van der Waals surface area contributed by atoms with Gasteiger partial charge in [0.15, 0.2) is 0 Å². The minimum atomic E-state index is 0.739. The third kappa shape index (κ3) is 6.41. The molecule has 0 radical (unpaired) electrons. The number of ether oxygens (including phenoxy) is 2. The van der Waals surface area contributed by atoms with Crippen molar-refractivity contribution in [3.05, 3.63) is 18.0 Å². The van der Waals surface area contributed by atoms with Gasteiger partial charge in [-0.15, -0.1) is 0 Å². The van der Waals surface area contributed by atoms with Crippen LogP contribution in [0.4, 0.5) is 0 Å². The number of nitrogens with one attached hydrogen (secondary N) is 1. The molecule has 0 aromatic carbocycles. The molecule has 0 fully saturated rings. The van der Waals surface area contributed by atoms with Gasteiger partial charge in [0, 0.05) is 51.7 Å². The standard InChI is InChI=1S/C12H23N3O2/c1-3-17-7-4-6-15-11-12(10-14-15)9-13-5-8-16-2/h10-11,13H,3-9H2,1-2H3. The summed E-state index contributed by atoms with van der Waals surface area (Å²) >= 11 is 0. The Hall–Kier alpha value is -0.910. The van der Waals surface area contributed by atoms with Gasteiger partial charge in [0.1, 0.15) is 0 Å². The number of nitrogens with zero attached hydrogens (tertiary/aromatic N) is 2. The predicted octanol–water partition coefficient (Wildman–Crippen LogP) is 1.05. The van der Waals surface area contributed by atoms with E-state index in [2.05, 4.69) is 16.6 Å². The lowest BCUT2D eigenvalue weighted by molar-refractivity contribution is 0.141. The van der Waals surface area contributed by atoms with Crippen LogP contribution in [-0.4, -0.2) is 43.3 Å². The lowest BCUT2D eigenvalue weighted by Gasteiger charge is -2.02. The Morgan fingerprint density at radius 2 is 2.29 bits per heavy atom. The molecule has 0 atom stereocenters. The summed E-state index contributed by atoms with van der Waals surface area (Å²) in [4.78, 5) is 0. The van der Waals surface area contributed by atoms with E-state index in [9.17, 15) is 0 Å². The van der Waals surface area contributed by atoms with Crippen LogP contribution in [0, 0.1) is 0 Å². The quantitative estimate of drug-likeness (QED) is 0.622. The highest BCUT2D eigenvalue weighted by Gasteiger charge is 1.98. The highest BCUT2D eigenvalue weighted by atomic mass is 16.5. The predicted molar refractivity (Wildman–Crippen MR) is 66.9 cm³/mol. The lowest BCUT2D eigenvalue weighted by Crippen LogP contribution is -2.18. The molecule has 1 heterocycles. The Bertz CT molecular complexity index is 263. The van der Waals surface area contributed by atoms with Crippen molar-refractivity contribution in [2.24, 2.45) is 0 Å². The first-order valence-electron chi connectivity index (χ1n) is 6.15. The van der Waals surface area contributed by atoms with Gasteiger partial charge in [-0.1, -0.05) is 0 Å². The third-order valence-corrected chi connectivity index (χ3v) is 2.38. The molecule has 98 valence electrons. The maximum atomic E-state index is 5.29.